The minimum atomic E-state index is -0.821. The summed E-state index contributed by atoms with van der Waals surface area (Å²) in [5.41, 5.74) is -0.496. The molecular formula is C21H22FN3O3S. The third kappa shape index (κ3) is 3.02. The number of likely N-dealkylation sites (tertiary alicyclic amines) is 1. The van der Waals surface area contributed by atoms with Gasteiger partial charge in [0.15, 0.2) is 0 Å². The molecule has 3 saturated heterocycles. The number of thiophene rings is 1. The number of hydrogen-bond acceptors (Lipinski definition) is 6. The van der Waals surface area contributed by atoms with Gasteiger partial charge in [-0.3, -0.25) is 24.3 Å². The van der Waals surface area contributed by atoms with Crippen molar-refractivity contribution in [2.75, 3.05) is 19.6 Å². The Morgan fingerprint density at radius 3 is 2.66 bits per heavy atom. The minimum absolute atomic E-state index is 0.0720. The van der Waals surface area contributed by atoms with Gasteiger partial charge in [-0.05, 0) is 23.9 Å². The van der Waals surface area contributed by atoms with E-state index in [0.717, 1.165) is 6.54 Å². The van der Waals surface area contributed by atoms with Crippen LogP contribution in [0.25, 0.3) is 0 Å². The first-order valence-electron chi connectivity index (χ1n) is 9.77. The quantitative estimate of drug-likeness (QED) is 0.766. The van der Waals surface area contributed by atoms with Crippen LogP contribution in [0.2, 0.25) is 0 Å². The summed E-state index contributed by atoms with van der Waals surface area (Å²) in [6.07, 6.45) is -0.319. The summed E-state index contributed by atoms with van der Waals surface area (Å²) in [6, 6.07) is 9.76. The van der Waals surface area contributed by atoms with E-state index >= 15 is 0 Å². The number of fused-ring (bicyclic) bond motifs is 2. The highest BCUT2D eigenvalue weighted by Crippen LogP contribution is 2.41. The summed E-state index contributed by atoms with van der Waals surface area (Å²) in [5.74, 6) is -1.04. The van der Waals surface area contributed by atoms with E-state index in [0.29, 0.717) is 31.6 Å². The summed E-state index contributed by atoms with van der Waals surface area (Å²) in [6.45, 7) is 2.02. The summed E-state index contributed by atoms with van der Waals surface area (Å²) in [7, 11) is 0. The van der Waals surface area contributed by atoms with Crippen molar-refractivity contribution in [1.82, 2.24) is 14.7 Å². The maximum absolute atomic E-state index is 14.2. The molecule has 29 heavy (non-hydrogen) atoms. The highest BCUT2D eigenvalue weighted by molar-refractivity contribution is 7.09. The van der Waals surface area contributed by atoms with Crippen molar-refractivity contribution in [2.45, 2.75) is 37.2 Å². The molecule has 1 N–H and O–H groups in total. The van der Waals surface area contributed by atoms with Gasteiger partial charge in [0.25, 0.3) is 5.91 Å². The Kier molecular flexibility index (Phi) is 4.54. The van der Waals surface area contributed by atoms with E-state index in [1.165, 1.54) is 15.8 Å². The molecule has 0 radical (unpaired) electrons. The van der Waals surface area contributed by atoms with E-state index in [1.54, 1.807) is 29.5 Å². The highest BCUT2D eigenvalue weighted by Gasteiger charge is 2.64. The van der Waals surface area contributed by atoms with Crippen LogP contribution in [0.4, 0.5) is 4.39 Å². The highest BCUT2D eigenvalue weighted by atomic mass is 32.1. The SMILES string of the molecule is O=C1[C@@H]2C[C@@H](O)CN2C2(CN(Cc3cccs3)C2)C(=O)N1Cc1ccccc1F. The monoisotopic (exact) mass is 415 g/mol. The van der Waals surface area contributed by atoms with Crippen molar-refractivity contribution in [3.8, 4) is 0 Å². The van der Waals surface area contributed by atoms with Crippen LogP contribution in [0.3, 0.4) is 0 Å². The molecule has 2 amide bonds. The lowest BCUT2D eigenvalue weighted by Gasteiger charge is -2.58. The number of imide groups is 1. The lowest BCUT2D eigenvalue weighted by Crippen LogP contribution is -2.81. The Morgan fingerprint density at radius 2 is 1.93 bits per heavy atom. The van der Waals surface area contributed by atoms with Crippen LogP contribution in [-0.2, 0) is 22.7 Å². The number of piperazine rings is 1. The lowest BCUT2D eigenvalue weighted by atomic mass is 9.82. The first-order chi connectivity index (χ1) is 14.0. The molecule has 2 aromatic rings. The Balaban J connectivity index is 1.42. The van der Waals surface area contributed by atoms with Crippen molar-refractivity contribution in [3.63, 3.8) is 0 Å². The van der Waals surface area contributed by atoms with Crippen LogP contribution < -0.4 is 0 Å². The summed E-state index contributed by atoms with van der Waals surface area (Å²) in [4.78, 5) is 33.1. The van der Waals surface area contributed by atoms with E-state index < -0.39 is 23.5 Å². The van der Waals surface area contributed by atoms with Crippen LogP contribution in [0, 0.1) is 5.82 Å². The first kappa shape index (κ1) is 18.9. The van der Waals surface area contributed by atoms with Crippen molar-refractivity contribution in [3.05, 3.63) is 58.0 Å². The number of rotatable bonds is 4. The molecule has 4 heterocycles. The zero-order valence-electron chi connectivity index (χ0n) is 15.8. The largest absolute Gasteiger partial charge is 0.392 e. The minimum Gasteiger partial charge on any atom is -0.392 e. The van der Waals surface area contributed by atoms with Gasteiger partial charge in [-0.2, -0.15) is 0 Å². The molecule has 0 bridgehead atoms. The van der Waals surface area contributed by atoms with E-state index in [9.17, 15) is 19.1 Å². The number of hydrogen-bond donors (Lipinski definition) is 1. The molecule has 8 heteroatoms. The van der Waals surface area contributed by atoms with Gasteiger partial charge in [0.2, 0.25) is 5.91 Å². The van der Waals surface area contributed by atoms with Gasteiger partial charge >= 0.3 is 0 Å². The number of carbonyl (C=O) groups excluding carboxylic acids is 2. The van der Waals surface area contributed by atoms with Gasteiger partial charge in [0.05, 0.1) is 18.7 Å². The molecule has 1 spiro atoms. The third-order valence-corrected chi connectivity index (χ3v) is 7.10. The zero-order chi connectivity index (χ0) is 20.2. The topological polar surface area (TPSA) is 64.1 Å². The third-order valence-electron chi connectivity index (χ3n) is 6.24. The average Bonchev–Trinajstić information content (AvgIpc) is 3.31. The Labute approximate surface area is 172 Å². The first-order valence-corrected chi connectivity index (χ1v) is 10.6. The Hall–Kier alpha value is -2.13. The molecule has 3 fully saturated rings. The number of halogens is 1. The van der Waals surface area contributed by atoms with Gasteiger partial charge in [-0.15, -0.1) is 11.3 Å². The number of aliphatic hydroxyl groups is 1. The average molecular weight is 415 g/mol. The van der Waals surface area contributed by atoms with Gasteiger partial charge in [0.1, 0.15) is 11.4 Å². The predicted octanol–water partition coefficient (Wildman–Crippen LogP) is 1.45. The van der Waals surface area contributed by atoms with Crippen molar-refractivity contribution in [1.29, 1.82) is 0 Å². The van der Waals surface area contributed by atoms with Crippen molar-refractivity contribution >= 4 is 23.2 Å². The van der Waals surface area contributed by atoms with E-state index in [4.69, 9.17) is 0 Å². The van der Waals surface area contributed by atoms with Crippen LogP contribution in [0.1, 0.15) is 16.9 Å². The second-order valence-corrected chi connectivity index (χ2v) is 9.17. The smallest absolute Gasteiger partial charge is 0.252 e. The number of nitrogens with zero attached hydrogens (tertiary/aromatic N) is 3. The van der Waals surface area contributed by atoms with E-state index in [1.807, 2.05) is 16.3 Å². The second-order valence-electron chi connectivity index (χ2n) is 8.13. The summed E-state index contributed by atoms with van der Waals surface area (Å²) in [5, 5.41) is 12.2. The van der Waals surface area contributed by atoms with Gasteiger partial charge < -0.3 is 5.11 Å². The number of aliphatic hydroxyl groups excluding tert-OH is 1. The molecule has 6 nitrogen and oxygen atoms in total. The Bertz CT molecular complexity index is 944. The molecule has 2 atom stereocenters. The fourth-order valence-electron chi connectivity index (χ4n) is 4.87. The molecule has 152 valence electrons. The fourth-order valence-corrected chi connectivity index (χ4v) is 5.61. The normalized spacial score (nSPS) is 26.8. The lowest BCUT2D eigenvalue weighted by molar-refractivity contribution is -0.181. The van der Waals surface area contributed by atoms with Gasteiger partial charge in [-0.25, -0.2) is 4.39 Å². The van der Waals surface area contributed by atoms with Crippen molar-refractivity contribution < 1.29 is 19.1 Å². The molecule has 1 aromatic carbocycles. The number of carbonyl (C=O) groups is 2. The van der Waals surface area contributed by atoms with Crippen LogP contribution in [0.5, 0.6) is 0 Å². The molecule has 1 aromatic heterocycles. The predicted molar refractivity (Wildman–Crippen MR) is 105 cm³/mol. The van der Waals surface area contributed by atoms with E-state index in [2.05, 4.69) is 11.0 Å². The van der Waals surface area contributed by atoms with Crippen LogP contribution in [0.15, 0.2) is 41.8 Å². The molecule has 5 rings (SSSR count). The second kappa shape index (κ2) is 6.98. The number of benzene rings is 1. The molecule has 3 aliphatic rings. The molecule has 0 unspecified atom stereocenters. The van der Waals surface area contributed by atoms with Crippen molar-refractivity contribution in [2.24, 2.45) is 0 Å². The van der Waals surface area contributed by atoms with Gasteiger partial charge in [0, 0.05) is 36.6 Å². The maximum Gasteiger partial charge on any atom is 0.252 e. The number of amides is 2. The molecule has 3 aliphatic heterocycles. The number of β-amino-alcohol motifs (C(OH)–C–C–N with tert-alkyl or cyclic N) is 1. The van der Waals surface area contributed by atoms with E-state index in [-0.39, 0.29) is 18.4 Å². The maximum atomic E-state index is 14.2. The summed E-state index contributed by atoms with van der Waals surface area (Å²) >= 11 is 1.67. The van der Waals surface area contributed by atoms with Crippen LogP contribution >= 0.6 is 11.3 Å². The zero-order valence-corrected chi connectivity index (χ0v) is 16.6. The van der Waals surface area contributed by atoms with Gasteiger partial charge in [-0.1, -0.05) is 24.3 Å². The fraction of sp³-hybridized carbons (Fsp3) is 0.429. The van der Waals surface area contributed by atoms with Crippen LogP contribution in [-0.4, -0.2) is 68.9 Å². The molecule has 0 aliphatic carbocycles. The molecule has 0 saturated carbocycles. The standard InChI is InChI=1S/C21H22FN3O3S/c22-17-6-2-1-4-14(17)9-24-19(27)18-8-15(26)10-25(18)21(20(24)28)12-23(13-21)11-16-5-3-7-29-16/h1-7,15,18,26H,8-13H2/t15-,18+/m1/s1. The summed E-state index contributed by atoms with van der Waals surface area (Å²) < 4.78 is 14.2. The Morgan fingerprint density at radius 1 is 1.14 bits per heavy atom. The molecular weight excluding hydrogens is 393 g/mol.